The lowest BCUT2D eigenvalue weighted by molar-refractivity contribution is -0.129. The topological polar surface area (TPSA) is 35.6 Å². The van der Waals surface area contributed by atoms with Gasteiger partial charge < -0.3 is 15.1 Å². The van der Waals surface area contributed by atoms with E-state index in [-0.39, 0.29) is 11.7 Å². The molecule has 0 bridgehead atoms. The van der Waals surface area contributed by atoms with Crippen molar-refractivity contribution in [3.63, 3.8) is 0 Å². The Morgan fingerprint density at radius 3 is 2.83 bits per heavy atom. The van der Waals surface area contributed by atoms with Crippen molar-refractivity contribution >= 4 is 11.6 Å². The van der Waals surface area contributed by atoms with Crippen LogP contribution >= 0.6 is 0 Å². The molecule has 0 radical (unpaired) electrons. The number of amides is 1. The Morgan fingerprint density at radius 2 is 2.17 bits per heavy atom. The van der Waals surface area contributed by atoms with Crippen molar-refractivity contribution in [2.75, 3.05) is 38.6 Å². The van der Waals surface area contributed by atoms with Crippen molar-refractivity contribution in [3.05, 3.63) is 29.6 Å². The highest BCUT2D eigenvalue weighted by atomic mass is 19.1. The maximum atomic E-state index is 13.8. The summed E-state index contributed by atoms with van der Waals surface area (Å²) in [6, 6.07) is 5.01. The van der Waals surface area contributed by atoms with Crippen LogP contribution in [0.3, 0.4) is 0 Å². The Kier molecular flexibility index (Phi) is 3.81. The molecule has 0 unspecified atom stereocenters. The number of halogens is 1. The van der Waals surface area contributed by atoms with Crippen LogP contribution in [0, 0.1) is 5.82 Å². The normalized spacial score (nSPS) is 16.3. The van der Waals surface area contributed by atoms with Gasteiger partial charge in [-0.3, -0.25) is 4.79 Å². The Labute approximate surface area is 106 Å². The fraction of sp³-hybridized carbons (Fsp3) is 0.462. The molecule has 1 fully saturated rings. The molecule has 0 atom stereocenters. The first kappa shape index (κ1) is 12.8. The number of piperazine rings is 1. The van der Waals surface area contributed by atoms with Crippen LogP contribution in [0.1, 0.15) is 5.56 Å². The van der Waals surface area contributed by atoms with Crippen LogP contribution in [0.2, 0.25) is 0 Å². The molecule has 98 valence electrons. The first-order chi connectivity index (χ1) is 8.63. The third-order valence-electron chi connectivity index (χ3n) is 3.25. The van der Waals surface area contributed by atoms with Crippen LogP contribution in [-0.4, -0.2) is 44.5 Å². The lowest BCUT2D eigenvalue weighted by Gasteiger charge is -2.34. The van der Waals surface area contributed by atoms with E-state index in [1.807, 2.05) is 11.0 Å². The van der Waals surface area contributed by atoms with Crippen molar-refractivity contribution in [1.29, 1.82) is 0 Å². The second kappa shape index (κ2) is 5.35. The molecular formula is C13H18FN3O. The van der Waals surface area contributed by atoms with Crippen molar-refractivity contribution in [1.82, 2.24) is 10.2 Å². The molecule has 0 spiro atoms. The zero-order valence-electron chi connectivity index (χ0n) is 10.7. The largest absolute Gasteiger partial charge is 0.360 e. The van der Waals surface area contributed by atoms with Gasteiger partial charge in [0.1, 0.15) is 5.82 Å². The fourth-order valence-corrected chi connectivity index (χ4v) is 2.16. The summed E-state index contributed by atoms with van der Waals surface area (Å²) < 4.78 is 13.8. The molecule has 1 heterocycles. The summed E-state index contributed by atoms with van der Waals surface area (Å²) in [4.78, 5) is 15.4. The third kappa shape index (κ3) is 2.46. The molecule has 1 aromatic carbocycles. The van der Waals surface area contributed by atoms with Crippen LogP contribution in [0.4, 0.5) is 10.1 Å². The maximum Gasteiger partial charge on any atom is 0.241 e. The second-order valence-electron chi connectivity index (χ2n) is 4.50. The van der Waals surface area contributed by atoms with Crippen LogP contribution in [0.5, 0.6) is 0 Å². The highest BCUT2D eigenvalue weighted by Gasteiger charge is 2.23. The van der Waals surface area contributed by atoms with Gasteiger partial charge in [-0.05, 0) is 19.2 Å². The van der Waals surface area contributed by atoms with Crippen molar-refractivity contribution in [3.8, 4) is 0 Å². The third-order valence-corrected chi connectivity index (χ3v) is 3.25. The molecule has 4 nitrogen and oxygen atoms in total. The first-order valence-corrected chi connectivity index (χ1v) is 6.04. The minimum atomic E-state index is -0.228. The zero-order valence-corrected chi connectivity index (χ0v) is 10.7. The summed E-state index contributed by atoms with van der Waals surface area (Å²) in [5, 5.41) is 2.96. The number of hydrogen-bond donors (Lipinski definition) is 1. The number of carbonyl (C=O) groups is 1. The molecule has 1 aliphatic heterocycles. The Bertz CT molecular complexity index is 450. The van der Waals surface area contributed by atoms with E-state index in [0.29, 0.717) is 25.2 Å². The van der Waals surface area contributed by atoms with Gasteiger partial charge >= 0.3 is 0 Å². The summed E-state index contributed by atoms with van der Waals surface area (Å²) in [5.74, 6) is -0.158. The monoisotopic (exact) mass is 251 g/mol. The minimum absolute atomic E-state index is 0.0703. The first-order valence-electron chi connectivity index (χ1n) is 6.04. The van der Waals surface area contributed by atoms with Crippen LogP contribution in [-0.2, 0) is 11.3 Å². The van der Waals surface area contributed by atoms with E-state index >= 15 is 0 Å². The highest BCUT2D eigenvalue weighted by molar-refractivity contribution is 5.83. The van der Waals surface area contributed by atoms with Crippen LogP contribution in [0.15, 0.2) is 18.2 Å². The lowest BCUT2D eigenvalue weighted by Crippen LogP contribution is -2.49. The number of likely N-dealkylation sites (N-methyl/N-ethyl adjacent to an activating group) is 1. The van der Waals surface area contributed by atoms with Gasteiger partial charge in [-0.25, -0.2) is 4.39 Å². The number of benzene rings is 1. The summed E-state index contributed by atoms with van der Waals surface area (Å²) in [5.41, 5.74) is 1.43. The summed E-state index contributed by atoms with van der Waals surface area (Å²) in [7, 11) is 3.57. The van der Waals surface area contributed by atoms with Crippen molar-refractivity contribution in [2.45, 2.75) is 6.54 Å². The average Bonchev–Trinajstić information content (AvgIpc) is 2.35. The molecule has 1 aliphatic rings. The van der Waals surface area contributed by atoms with Gasteiger partial charge in [0, 0.05) is 37.9 Å². The number of carbonyl (C=O) groups excluding carboxylic acids is 1. The van der Waals surface area contributed by atoms with Gasteiger partial charge in [-0.2, -0.15) is 0 Å². The van der Waals surface area contributed by atoms with E-state index in [1.165, 1.54) is 6.07 Å². The number of nitrogens with zero attached hydrogens (tertiary/aromatic N) is 2. The molecule has 0 saturated carbocycles. The molecule has 1 amide bonds. The Hall–Kier alpha value is -1.62. The van der Waals surface area contributed by atoms with Crippen LogP contribution < -0.4 is 10.2 Å². The fourth-order valence-electron chi connectivity index (χ4n) is 2.16. The Balaban J connectivity index is 2.27. The second-order valence-corrected chi connectivity index (χ2v) is 4.50. The predicted octanol–water partition coefficient (Wildman–Crippen LogP) is 0.823. The maximum absolute atomic E-state index is 13.8. The number of rotatable bonds is 3. The van der Waals surface area contributed by atoms with Gasteiger partial charge in [0.05, 0.1) is 6.54 Å². The molecule has 1 saturated heterocycles. The summed E-state index contributed by atoms with van der Waals surface area (Å²) in [6.45, 7) is 2.19. The molecule has 1 aromatic rings. The van der Waals surface area contributed by atoms with Gasteiger partial charge in [-0.15, -0.1) is 0 Å². The standard InChI is InChI=1S/C13H18FN3O/c1-15-8-10-11(14)4-3-5-12(10)17-7-6-16(2)13(18)9-17/h3-5,15H,6-9H2,1-2H3. The van der Waals surface area contributed by atoms with Gasteiger partial charge in [0.15, 0.2) is 0 Å². The zero-order chi connectivity index (χ0) is 13.1. The van der Waals surface area contributed by atoms with E-state index in [1.54, 1.807) is 25.1 Å². The predicted molar refractivity (Wildman–Crippen MR) is 69.0 cm³/mol. The number of anilines is 1. The SMILES string of the molecule is CNCc1c(F)cccc1N1CCN(C)C(=O)C1. The lowest BCUT2D eigenvalue weighted by atomic mass is 10.1. The smallest absolute Gasteiger partial charge is 0.241 e. The summed E-state index contributed by atoms with van der Waals surface area (Å²) in [6.07, 6.45) is 0. The van der Waals surface area contributed by atoms with E-state index < -0.39 is 0 Å². The van der Waals surface area contributed by atoms with Gasteiger partial charge in [0.2, 0.25) is 5.91 Å². The summed E-state index contributed by atoms with van der Waals surface area (Å²) >= 11 is 0. The molecule has 0 aliphatic carbocycles. The van der Waals surface area contributed by atoms with Crippen molar-refractivity contribution < 1.29 is 9.18 Å². The van der Waals surface area contributed by atoms with E-state index in [0.717, 1.165) is 12.2 Å². The molecular weight excluding hydrogens is 233 g/mol. The van der Waals surface area contributed by atoms with E-state index in [2.05, 4.69) is 5.32 Å². The van der Waals surface area contributed by atoms with E-state index in [9.17, 15) is 9.18 Å². The Morgan fingerprint density at radius 1 is 1.39 bits per heavy atom. The van der Waals surface area contributed by atoms with Crippen molar-refractivity contribution in [2.24, 2.45) is 0 Å². The van der Waals surface area contributed by atoms with E-state index in [4.69, 9.17) is 0 Å². The quantitative estimate of drug-likeness (QED) is 0.864. The van der Waals surface area contributed by atoms with Gasteiger partial charge in [0.25, 0.3) is 0 Å². The molecule has 1 N–H and O–H groups in total. The molecule has 18 heavy (non-hydrogen) atoms. The number of hydrogen-bond acceptors (Lipinski definition) is 3. The molecule has 0 aromatic heterocycles. The number of nitrogens with one attached hydrogen (secondary N) is 1. The average molecular weight is 251 g/mol. The minimum Gasteiger partial charge on any atom is -0.360 e. The molecule has 5 heteroatoms. The highest BCUT2D eigenvalue weighted by Crippen LogP contribution is 2.24. The molecule has 2 rings (SSSR count). The van der Waals surface area contributed by atoms with Gasteiger partial charge in [-0.1, -0.05) is 6.07 Å². The van der Waals surface area contributed by atoms with Crippen LogP contribution in [0.25, 0.3) is 0 Å².